The molecule has 1 aromatic carbocycles. The Morgan fingerprint density at radius 3 is 2.78 bits per heavy atom. The summed E-state index contributed by atoms with van der Waals surface area (Å²) in [5, 5.41) is 0. The van der Waals surface area contributed by atoms with Crippen molar-refractivity contribution in [1.82, 2.24) is 9.97 Å². The molecule has 5 heteroatoms. The van der Waals surface area contributed by atoms with Gasteiger partial charge in [-0.3, -0.25) is 14.8 Å². The summed E-state index contributed by atoms with van der Waals surface area (Å²) < 4.78 is 5.82. The Labute approximate surface area is 111 Å². The number of nitrogens with zero attached hydrogens (tertiary/aromatic N) is 2. The first-order valence-corrected chi connectivity index (χ1v) is 6.04. The minimum Gasteiger partial charge on any atom is -0.460 e. The summed E-state index contributed by atoms with van der Waals surface area (Å²) in [6, 6.07) is 7.00. The van der Waals surface area contributed by atoms with E-state index in [-0.39, 0.29) is 11.5 Å². The van der Waals surface area contributed by atoms with Crippen molar-refractivity contribution in [3.05, 3.63) is 58.7 Å². The number of rotatable bonds is 2. The van der Waals surface area contributed by atoms with Crippen LogP contribution in [0, 0.1) is 0 Å². The number of hydrogen-bond donors (Lipinski definition) is 0. The predicted molar refractivity (Wildman–Crippen MR) is 69.4 cm³/mol. The number of fused-ring (bicyclic) bond motifs is 1. The molecule has 0 spiro atoms. The molecule has 0 atom stereocenters. The number of furan rings is 1. The van der Waals surface area contributed by atoms with E-state index in [1.54, 1.807) is 30.6 Å². The molecule has 0 N–H and O–H groups in total. The molecule has 3 rings (SSSR count). The summed E-state index contributed by atoms with van der Waals surface area (Å²) in [5.41, 5.74) is 1.75. The molecule has 4 nitrogen and oxygen atoms in total. The fraction of sp³-hybridized carbons (Fsp3) is 0. The molecule has 0 fully saturated rings. The maximum atomic E-state index is 12.4. The van der Waals surface area contributed by atoms with Crippen LogP contribution in [-0.4, -0.2) is 15.8 Å². The first-order valence-electron chi connectivity index (χ1n) is 5.25. The molecule has 2 heterocycles. The van der Waals surface area contributed by atoms with E-state index in [1.807, 2.05) is 6.07 Å². The van der Waals surface area contributed by atoms with Crippen LogP contribution in [0.4, 0.5) is 0 Å². The molecular formula is C13H7BrN2O2. The lowest BCUT2D eigenvalue weighted by molar-refractivity contribution is 0.101. The average Bonchev–Trinajstić information content (AvgIpc) is 2.83. The minimum absolute atomic E-state index is 0.210. The molecule has 0 aliphatic heterocycles. The largest absolute Gasteiger partial charge is 0.460 e. The van der Waals surface area contributed by atoms with Gasteiger partial charge in [0.05, 0.1) is 27.3 Å². The Morgan fingerprint density at radius 2 is 2.00 bits per heavy atom. The second kappa shape index (κ2) is 4.34. The lowest BCUT2D eigenvalue weighted by Crippen LogP contribution is -2.02. The van der Waals surface area contributed by atoms with Crippen LogP contribution in [0.15, 0.2) is 51.8 Å². The normalized spacial score (nSPS) is 10.7. The highest BCUT2D eigenvalue weighted by molar-refractivity contribution is 9.10. The number of benzene rings is 1. The number of ketones is 1. The monoisotopic (exact) mass is 302 g/mol. The summed E-state index contributed by atoms with van der Waals surface area (Å²) in [7, 11) is 0. The molecule has 0 radical (unpaired) electrons. The van der Waals surface area contributed by atoms with Gasteiger partial charge >= 0.3 is 0 Å². The van der Waals surface area contributed by atoms with Crippen LogP contribution in [0.3, 0.4) is 0 Å². The Bertz CT molecular complexity index is 731. The number of carbonyl (C=O) groups excluding carboxylic acids is 1. The standard InChI is InChI=1S/C13H7BrN2O2/c14-9-4-7-18-13(9)12(17)8-2-1-3-10-11(8)16-6-5-15-10/h1-7H. The van der Waals surface area contributed by atoms with Gasteiger partial charge in [-0.25, -0.2) is 0 Å². The van der Waals surface area contributed by atoms with E-state index in [0.717, 1.165) is 0 Å². The summed E-state index contributed by atoms with van der Waals surface area (Å²) >= 11 is 3.28. The number of carbonyl (C=O) groups is 1. The van der Waals surface area contributed by atoms with E-state index >= 15 is 0 Å². The average molecular weight is 303 g/mol. The highest BCUT2D eigenvalue weighted by Gasteiger charge is 2.19. The molecule has 0 unspecified atom stereocenters. The van der Waals surface area contributed by atoms with Crippen molar-refractivity contribution >= 4 is 32.7 Å². The van der Waals surface area contributed by atoms with Gasteiger partial charge in [-0.1, -0.05) is 6.07 Å². The van der Waals surface area contributed by atoms with Crippen molar-refractivity contribution in [3.63, 3.8) is 0 Å². The zero-order chi connectivity index (χ0) is 12.5. The van der Waals surface area contributed by atoms with Crippen LogP contribution >= 0.6 is 15.9 Å². The molecule has 0 aliphatic rings. The summed E-state index contributed by atoms with van der Waals surface area (Å²) in [5.74, 6) is 0.0612. The summed E-state index contributed by atoms with van der Waals surface area (Å²) in [6.07, 6.45) is 4.63. The van der Waals surface area contributed by atoms with Crippen molar-refractivity contribution in [3.8, 4) is 0 Å². The van der Waals surface area contributed by atoms with Crippen LogP contribution in [0.5, 0.6) is 0 Å². The molecule has 0 bridgehead atoms. The van der Waals surface area contributed by atoms with Gasteiger partial charge in [-0.15, -0.1) is 0 Å². The van der Waals surface area contributed by atoms with Crippen LogP contribution < -0.4 is 0 Å². The smallest absolute Gasteiger partial charge is 0.231 e. The van der Waals surface area contributed by atoms with Gasteiger partial charge in [-0.2, -0.15) is 0 Å². The lowest BCUT2D eigenvalue weighted by Gasteiger charge is -2.02. The molecule has 3 aromatic rings. The summed E-state index contributed by atoms with van der Waals surface area (Å²) in [6.45, 7) is 0. The summed E-state index contributed by atoms with van der Waals surface area (Å²) in [4.78, 5) is 20.7. The van der Waals surface area contributed by atoms with Gasteiger partial charge in [0, 0.05) is 12.4 Å². The lowest BCUT2D eigenvalue weighted by atomic mass is 10.1. The van der Waals surface area contributed by atoms with Crippen molar-refractivity contribution in [2.45, 2.75) is 0 Å². The van der Waals surface area contributed by atoms with E-state index in [1.165, 1.54) is 6.26 Å². The minimum atomic E-state index is -0.210. The SMILES string of the molecule is O=C(c1occc1Br)c1cccc2nccnc12. The molecule has 0 saturated carbocycles. The number of aromatic nitrogens is 2. The third kappa shape index (κ3) is 1.73. The van der Waals surface area contributed by atoms with Crippen molar-refractivity contribution in [2.75, 3.05) is 0 Å². The quantitative estimate of drug-likeness (QED) is 0.682. The van der Waals surface area contributed by atoms with Gasteiger partial charge in [0.1, 0.15) is 0 Å². The van der Waals surface area contributed by atoms with E-state index in [9.17, 15) is 4.79 Å². The molecule has 2 aromatic heterocycles. The first kappa shape index (κ1) is 11.1. The molecule has 0 amide bonds. The predicted octanol–water partition coefficient (Wildman–Crippen LogP) is 3.22. The van der Waals surface area contributed by atoms with Crippen molar-refractivity contribution in [2.24, 2.45) is 0 Å². The maximum absolute atomic E-state index is 12.4. The third-order valence-corrected chi connectivity index (χ3v) is 3.19. The van der Waals surface area contributed by atoms with Gasteiger partial charge in [0.15, 0.2) is 5.76 Å². The Morgan fingerprint density at radius 1 is 1.17 bits per heavy atom. The molecule has 88 valence electrons. The highest BCUT2D eigenvalue weighted by atomic mass is 79.9. The van der Waals surface area contributed by atoms with Crippen LogP contribution in [0.1, 0.15) is 16.1 Å². The highest BCUT2D eigenvalue weighted by Crippen LogP contribution is 2.23. The van der Waals surface area contributed by atoms with Crippen molar-refractivity contribution < 1.29 is 9.21 Å². The van der Waals surface area contributed by atoms with E-state index in [2.05, 4.69) is 25.9 Å². The zero-order valence-electron chi connectivity index (χ0n) is 9.13. The Balaban J connectivity index is 2.21. The third-order valence-electron chi connectivity index (χ3n) is 2.57. The van der Waals surface area contributed by atoms with Crippen molar-refractivity contribution in [1.29, 1.82) is 0 Å². The van der Waals surface area contributed by atoms with Gasteiger partial charge < -0.3 is 4.42 Å². The Hall–Kier alpha value is -2.01. The fourth-order valence-electron chi connectivity index (χ4n) is 1.75. The molecule has 0 saturated heterocycles. The Kier molecular flexibility index (Phi) is 2.68. The number of para-hydroxylation sites is 1. The van der Waals surface area contributed by atoms with Crippen LogP contribution in [-0.2, 0) is 0 Å². The topological polar surface area (TPSA) is 56.0 Å². The second-order valence-corrected chi connectivity index (χ2v) is 4.51. The fourth-order valence-corrected chi connectivity index (χ4v) is 2.14. The zero-order valence-corrected chi connectivity index (χ0v) is 10.7. The molecular weight excluding hydrogens is 296 g/mol. The van der Waals surface area contributed by atoms with E-state index in [0.29, 0.717) is 21.1 Å². The van der Waals surface area contributed by atoms with E-state index < -0.39 is 0 Å². The molecule has 0 aliphatic carbocycles. The second-order valence-electron chi connectivity index (χ2n) is 3.66. The van der Waals surface area contributed by atoms with Crippen LogP contribution in [0.25, 0.3) is 11.0 Å². The number of halogens is 1. The van der Waals surface area contributed by atoms with E-state index in [4.69, 9.17) is 4.42 Å². The van der Waals surface area contributed by atoms with Crippen LogP contribution in [0.2, 0.25) is 0 Å². The van der Waals surface area contributed by atoms with Gasteiger partial charge in [0.25, 0.3) is 0 Å². The number of hydrogen-bond acceptors (Lipinski definition) is 4. The molecule has 18 heavy (non-hydrogen) atoms. The first-order chi connectivity index (χ1) is 8.77. The maximum Gasteiger partial charge on any atom is 0.231 e. The van der Waals surface area contributed by atoms with Gasteiger partial charge in [-0.05, 0) is 34.1 Å². The van der Waals surface area contributed by atoms with Gasteiger partial charge in [0.2, 0.25) is 5.78 Å².